The van der Waals surface area contributed by atoms with Crippen LogP contribution in [-0.2, 0) is 17.9 Å². The molecule has 40 heavy (non-hydrogen) atoms. The first-order chi connectivity index (χ1) is 19.6. The lowest BCUT2D eigenvalue weighted by molar-refractivity contribution is -0.121. The number of ether oxygens (including phenoxy) is 1. The quantitative estimate of drug-likeness (QED) is 0.206. The molecule has 1 aliphatic heterocycles. The monoisotopic (exact) mass is 594 g/mol. The Bertz CT molecular complexity index is 1600. The predicted octanol–water partition coefficient (Wildman–Crippen LogP) is 7.22. The topological polar surface area (TPSA) is 59.4 Å². The van der Waals surface area contributed by atoms with Crippen molar-refractivity contribution in [1.82, 2.24) is 14.5 Å². The molecule has 1 aliphatic rings. The van der Waals surface area contributed by atoms with Gasteiger partial charge in [-0.15, -0.1) is 0 Å². The van der Waals surface area contributed by atoms with Gasteiger partial charge in [0, 0.05) is 22.4 Å². The maximum absolute atomic E-state index is 13.2. The Morgan fingerprint density at radius 1 is 0.950 bits per heavy atom. The number of hydrogen-bond donors (Lipinski definition) is 1. The number of fused-ring (bicyclic) bond motifs is 1. The SMILES string of the molecule is O=C(Nc1ccc(OCc2ccccc2)cc1)[C@@H]1CCCN(Cc2nc3ccccc3n2-c2cccc(Br)c2)C1. The summed E-state index contributed by atoms with van der Waals surface area (Å²) in [5, 5.41) is 3.11. The lowest BCUT2D eigenvalue weighted by Gasteiger charge is -2.31. The second-order valence-electron chi connectivity index (χ2n) is 10.2. The summed E-state index contributed by atoms with van der Waals surface area (Å²) in [5.41, 5.74) is 5.03. The molecule has 5 aromatic rings. The van der Waals surface area contributed by atoms with E-state index >= 15 is 0 Å². The van der Waals surface area contributed by atoms with Gasteiger partial charge >= 0.3 is 0 Å². The normalized spacial score (nSPS) is 15.7. The van der Waals surface area contributed by atoms with E-state index in [-0.39, 0.29) is 11.8 Å². The second-order valence-corrected chi connectivity index (χ2v) is 11.1. The largest absolute Gasteiger partial charge is 0.489 e. The van der Waals surface area contributed by atoms with Crippen LogP contribution in [-0.4, -0.2) is 33.4 Å². The van der Waals surface area contributed by atoms with E-state index in [9.17, 15) is 4.79 Å². The van der Waals surface area contributed by atoms with E-state index in [0.717, 1.165) is 63.4 Å². The smallest absolute Gasteiger partial charge is 0.228 e. The molecule has 202 valence electrons. The van der Waals surface area contributed by atoms with Crippen LogP contribution < -0.4 is 10.1 Å². The Balaban J connectivity index is 1.11. The third-order valence-electron chi connectivity index (χ3n) is 7.31. The van der Waals surface area contributed by atoms with Gasteiger partial charge in [0.05, 0.1) is 23.5 Å². The van der Waals surface area contributed by atoms with E-state index in [0.29, 0.717) is 19.7 Å². The number of para-hydroxylation sites is 2. The molecule has 1 aromatic heterocycles. The van der Waals surface area contributed by atoms with Crippen molar-refractivity contribution in [2.24, 2.45) is 5.92 Å². The Labute approximate surface area is 242 Å². The Morgan fingerprint density at radius 2 is 1.75 bits per heavy atom. The number of hydrogen-bond acceptors (Lipinski definition) is 4. The minimum absolute atomic E-state index is 0.0585. The lowest BCUT2D eigenvalue weighted by atomic mass is 9.97. The van der Waals surface area contributed by atoms with Gasteiger partial charge in [-0.25, -0.2) is 4.98 Å². The van der Waals surface area contributed by atoms with Gasteiger partial charge in [0.25, 0.3) is 0 Å². The molecular formula is C33H31BrN4O2. The molecule has 1 fully saturated rings. The van der Waals surface area contributed by atoms with Crippen LogP contribution in [0.25, 0.3) is 16.7 Å². The van der Waals surface area contributed by atoms with Crippen molar-refractivity contribution >= 4 is 38.6 Å². The summed E-state index contributed by atoms with van der Waals surface area (Å²) in [6.07, 6.45) is 1.85. The minimum atomic E-state index is -0.0774. The summed E-state index contributed by atoms with van der Waals surface area (Å²) in [6, 6.07) is 34.2. The van der Waals surface area contributed by atoms with Crippen LogP contribution >= 0.6 is 15.9 Å². The molecule has 4 aromatic carbocycles. The fraction of sp³-hybridized carbons (Fsp3) is 0.212. The molecule has 0 bridgehead atoms. The zero-order chi connectivity index (χ0) is 27.3. The van der Waals surface area contributed by atoms with E-state index in [4.69, 9.17) is 9.72 Å². The Hall–Kier alpha value is -3.94. The highest BCUT2D eigenvalue weighted by atomic mass is 79.9. The number of nitrogens with zero attached hydrogens (tertiary/aromatic N) is 3. The molecule has 7 heteroatoms. The average molecular weight is 596 g/mol. The summed E-state index contributed by atoms with van der Waals surface area (Å²) in [7, 11) is 0. The number of amides is 1. The third-order valence-corrected chi connectivity index (χ3v) is 7.80. The van der Waals surface area contributed by atoms with Crippen molar-refractivity contribution in [3.8, 4) is 11.4 Å². The third kappa shape index (κ3) is 6.11. The standard InChI is InChI=1S/C33H31BrN4O2/c34-26-11-6-12-28(20-26)38-31-14-5-4-13-30(31)36-32(38)22-37-19-7-10-25(21-37)33(39)35-27-15-17-29(18-16-27)40-23-24-8-2-1-3-9-24/h1-6,8-9,11-18,20,25H,7,10,19,21-23H2,(H,35,39)/t25-/m1/s1. The number of imidazole rings is 1. The van der Waals surface area contributed by atoms with Crippen molar-refractivity contribution in [3.05, 3.63) is 119 Å². The first kappa shape index (κ1) is 26.3. The molecular weight excluding hydrogens is 564 g/mol. The van der Waals surface area contributed by atoms with Crippen molar-refractivity contribution < 1.29 is 9.53 Å². The molecule has 0 radical (unpaired) electrons. The van der Waals surface area contributed by atoms with Crippen LogP contribution in [0, 0.1) is 5.92 Å². The van der Waals surface area contributed by atoms with Gasteiger partial charge in [-0.2, -0.15) is 0 Å². The van der Waals surface area contributed by atoms with Gasteiger partial charge in [0.1, 0.15) is 18.2 Å². The number of halogens is 1. The molecule has 0 unspecified atom stereocenters. The van der Waals surface area contributed by atoms with Crippen molar-refractivity contribution in [2.75, 3.05) is 18.4 Å². The first-order valence-corrected chi connectivity index (χ1v) is 14.4. The van der Waals surface area contributed by atoms with Crippen LogP contribution in [0.5, 0.6) is 5.75 Å². The van der Waals surface area contributed by atoms with E-state index in [1.807, 2.05) is 78.9 Å². The highest BCUT2D eigenvalue weighted by molar-refractivity contribution is 9.10. The van der Waals surface area contributed by atoms with E-state index in [1.165, 1.54) is 0 Å². The molecule has 0 aliphatic carbocycles. The summed E-state index contributed by atoms with van der Waals surface area (Å²) in [4.78, 5) is 20.6. The molecule has 1 amide bonds. The van der Waals surface area contributed by atoms with Gasteiger partial charge in [-0.3, -0.25) is 14.3 Å². The van der Waals surface area contributed by atoms with Crippen LogP contribution in [0.3, 0.4) is 0 Å². The van der Waals surface area contributed by atoms with Crippen LogP contribution in [0.15, 0.2) is 108 Å². The number of aromatic nitrogens is 2. The predicted molar refractivity (Wildman–Crippen MR) is 163 cm³/mol. The number of rotatable bonds is 8. The van der Waals surface area contributed by atoms with Crippen molar-refractivity contribution in [3.63, 3.8) is 0 Å². The summed E-state index contributed by atoms with van der Waals surface area (Å²) in [6.45, 7) is 2.84. The first-order valence-electron chi connectivity index (χ1n) is 13.6. The number of nitrogens with one attached hydrogen (secondary N) is 1. The van der Waals surface area contributed by atoms with Crippen LogP contribution in [0.2, 0.25) is 0 Å². The number of carbonyl (C=O) groups is 1. The van der Waals surface area contributed by atoms with Gasteiger partial charge < -0.3 is 10.1 Å². The summed E-state index contributed by atoms with van der Waals surface area (Å²) >= 11 is 3.61. The fourth-order valence-corrected chi connectivity index (χ4v) is 5.71. The van der Waals surface area contributed by atoms with E-state index in [1.54, 1.807) is 0 Å². The molecule has 6 nitrogen and oxygen atoms in total. The van der Waals surface area contributed by atoms with Crippen molar-refractivity contribution in [2.45, 2.75) is 26.0 Å². The zero-order valence-corrected chi connectivity index (χ0v) is 23.8. The molecule has 1 saturated heterocycles. The highest BCUT2D eigenvalue weighted by Gasteiger charge is 2.27. The minimum Gasteiger partial charge on any atom is -0.489 e. The molecule has 0 spiro atoms. The maximum Gasteiger partial charge on any atom is 0.228 e. The molecule has 1 N–H and O–H groups in total. The second kappa shape index (κ2) is 12.1. The van der Waals surface area contributed by atoms with E-state index in [2.05, 4.69) is 55.0 Å². The van der Waals surface area contributed by atoms with Crippen LogP contribution in [0.4, 0.5) is 5.69 Å². The number of likely N-dealkylation sites (tertiary alicyclic amines) is 1. The van der Waals surface area contributed by atoms with Gasteiger partial charge in [0.15, 0.2) is 0 Å². The Kier molecular flexibility index (Phi) is 7.93. The van der Waals surface area contributed by atoms with Crippen molar-refractivity contribution in [1.29, 1.82) is 0 Å². The molecule has 2 heterocycles. The van der Waals surface area contributed by atoms with Gasteiger partial charge in [0.2, 0.25) is 5.91 Å². The van der Waals surface area contributed by atoms with Crippen LogP contribution in [0.1, 0.15) is 24.2 Å². The Morgan fingerprint density at radius 3 is 2.58 bits per heavy atom. The molecule has 1 atom stereocenters. The average Bonchev–Trinajstić information content (AvgIpc) is 3.35. The number of benzene rings is 4. The zero-order valence-electron chi connectivity index (χ0n) is 22.2. The van der Waals surface area contributed by atoms with Gasteiger partial charge in [-0.05, 0) is 79.5 Å². The lowest BCUT2D eigenvalue weighted by Crippen LogP contribution is -2.40. The molecule has 6 rings (SSSR count). The molecule has 0 saturated carbocycles. The highest BCUT2D eigenvalue weighted by Crippen LogP contribution is 2.27. The number of carbonyl (C=O) groups excluding carboxylic acids is 1. The van der Waals surface area contributed by atoms with Gasteiger partial charge in [-0.1, -0.05) is 64.5 Å². The summed E-state index contributed by atoms with van der Waals surface area (Å²) < 4.78 is 9.13. The maximum atomic E-state index is 13.2. The summed E-state index contributed by atoms with van der Waals surface area (Å²) in [5.74, 6) is 1.74. The number of anilines is 1. The number of piperidine rings is 1. The van der Waals surface area contributed by atoms with E-state index < -0.39 is 0 Å². The fourth-order valence-electron chi connectivity index (χ4n) is 5.32.